The molecule has 0 amide bonds. The lowest BCUT2D eigenvalue weighted by atomic mass is 9.96. The molecule has 5 heteroatoms. The van der Waals surface area contributed by atoms with Crippen LogP contribution in [0.1, 0.15) is 30.9 Å². The maximum atomic E-state index is 8.87. The Morgan fingerprint density at radius 3 is 2.41 bits per heavy atom. The standard InChI is InChI=1S/C12H18BrNO3/c1-7(2)10-8(6-14-15)5-9(16-3)12(17-4)11(10)13/h5,7,14-15H,6H2,1-4H3. The van der Waals surface area contributed by atoms with E-state index in [2.05, 4.69) is 35.3 Å². The monoisotopic (exact) mass is 303 g/mol. The number of nitrogens with one attached hydrogen (secondary N) is 1. The normalized spacial score (nSPS) is 10.8. The molecule has 0 heterocycles. The summed E-state index contributed by atoms with van der Waals surface area (Å²) in [4.78, 5) is 0. The number of ether oxygens (including phenoxy) is 2. The Bertz CT molecular complexity index is 394. The molecule has 0 radical (unpaired) electrons. The smallest absolute Gasteiger partial charge is 0.175 e. The van der Waals surface area contributed by atoms with Gasteiger partial charge in [-0.25, -0.2) is 5.48 Å². The Morgan fingerprint density at radius 1 is 1.35 bits per heavy atom. The van der Waals surface area contributed by atoms with Crippen LogP contribution in [0.15, 0.2) is 10.5 Å². The van der Waals surface area contributed by atoms with Crippen molar-refractivity contribution in [3.8, 4) is 11.5 Å². The average molecular weight is 304 g/mol. The van der Waals surface area contributed by atoms with Crippen molar-refractivity contribution in [2.24, 2.45) is 0 Å². The predicted octanol–water partition coefficient (Wildman–Crippen LogP) is 3.07. The number of hydrogen-bond donors (Lipinski definition) is 2. The molecule has 17 heavy (non-hydrogen) atoms. The Kier molecular flexibility index (Phi) is 5.24. The highest BCUT2D eigenvalue weighted by Gasteiger charge is 2.19. The molecule has 1 rings (SSSR count). The number of hydroxylamine groups is 1. The van der Waals surface area contributed by atoms with Gasteiger partial charge in [-0.05, 0) is 39.0 Å². The van der Waals surface area contributed by atoms with Crippen LogP contribution in [0.2, 0.25) is 0 Å². The van der Waals surface area contributed by atoms with E-state index < -0.39 is 0 Å². The third-order valence-electron chi connectivity index (χ3n) is 2.58. The Hall–Kier alpha value is -0.780. The van der Waals surface area contributed by atoms with Gasteiger partial charge in [0, 0.05) is 6.54 Å². The van der Waals surface area contributed by atoms with Gasteiger partial charge in [0.1, 0.15) is 0 Å². The van der Waals surface area contributed by atoms with Gasteiger partial charge in [-0.1, -0.05) is 13.8 Å². The topological polar surface area (TPSA) is 50.7 Å². The van der Waals surface area contributed by atoms with E-state index in [-0.39, 0.29) is 0 Å². The molecule has 4 nitrogen and oxygen atoms in total. The summed E-state index contributed by atoms with van der Waals surface area (Å²) in [6, 6.07) is 1.88. The van der Waals surface area contributed by atoms with Crippen molar-refractivity contribution in [2.45, 2.75) is 26.3 Å². The van der Waals surface area contributed by atoms with Gasteiger partial charge in [-0.2, -0.15) is 0 Å². The van der Waals surface area contributed by atoms with Gasteiger partial charge in [-0.3, -0.25) is 0 Å². The van der Waals surface area contributed by atoms with Crippen molar-refractivity contribution in [3.63, 3.8) is 0 Å². The lowest BCUT2D eigenvalue weighted by Crippen LogP contribution is -2.11. The van der Waals surface area contributed by atoms with Gasteiger partial charge in [-0.15, -0.1) is 0 Å². The Labute approximate surface area is 110 Å². The third-order valence-corrected chi connectivity index (χ3v) is 3.37. The van der Waals surface area contributed by atoms with Gasteiger partial charge in [0.25, 0.3) is 0 Å². The average Bonchev–Trinajstić information content (AvgIpc) is 2.28. The zero-order chi connectivity index (χ0) is 13.0. The van der Waals surface area contributed by atoms with Gasteiger partial charge in [0.15, 0.2) is 11.5 Å². The van der Waals surface area contributed by atoms with Crippen LogP contribution in [-0.2, 0) is 6.54 Å². The molecule has 0 spiro atoms. The predicted molar refractivity (Wildman–Crippen MR) is 70.0 cm³/mol. The maximum Gasteiger partial charge on any atom is 0.175 e. The summed E-state index contributed by atoms with van der Waals surface area (Å²) >= 11 is 3.54. The second kappa shape index (κ2) is 6.23. The minimum absolute atomic E-state index is 0.313. The lowest BCUT2D eigenvalue weighted by Gasteiger charge is -2.19. The quantitative estimate of drug-likeness (QED) is 0.821. The first-order valence-electron chi connectivity index (χ1n) is 5.37. The SMILES string of the molecule is COc1cc(CNO)c(C(C)C)c(Br)c1OC. The van der Waals surface area contributed by atoms with Crippen LogP contribution >= 0.6 is 15.9 Å². The van der Waals surface area contributed by atoms with Crippen LogP contribution < -0.4 is 15.0 Å². The summed E-state index contributed by atoms with van der Waals surface area (Å²) in [7, 11) is 3.20. The van der Waals surface area contributed by atoms with E-state index in [0.29, 0.717) is 24.0 Å². The molecule has 96 valence electrons. The van der Waals surface area contributed by atoms with Gasteiger partial charge >= 0.3 is 0 Å². The van der Waals surface area contributed by atoms with E-state index in [9.17, 15) is 0 Å². The van der Waals surface area contributed by atoms with Gasteiger partial charge in [0.2, 0.25) is 0 Å². The van der Waals surface area contributed by atoms with Crippen LogP contribution in [0.3, 0.4) is 0 Å². The maximum absolute atomic E-state index is 8.87. The first-order chi connectivity index (χ1) is 8.06. The molecule has 1 aromatic rings. The van der Waals surface area contributed by atoms with Crippen LogP contribution in [0.4, 0.5) is 0 Å². The van der Waals surface area contributed by atoms with Crippen LogP contribution in [0.5, 0.6) is 11.5 Å². The molecule has 0 unspecified atom stereocenters. The molecule has 0 aromatic heterocycles. The first-order valence-corrected chi connectivity index (χ1v) is 6.16. The minimum atomic E-state index is 0.313. The molecule has 0 saturated carbocycles. The van der Waals surface area contributed by atoms with E-state index in [0.717, 1.165) is 15.6 Å². The number of benzene rings is 1. The number of hydrogen-bond acceptors (Lipinski definition) is 4. The van der Waals surface area contributed by atoms with Crippen molar-refractivity contribution in [1.29, 1.82) is 0 Å². The Morgan fingerprint density at radius 2 is 2.00 bits per heavy atom. The fourth-order valence-electron chi connectivity index (χ4n) is 1.87. The number of rotatable bonds is 5. The fraction of sp³-hybridized carbons (Fsp3) is 0.500. The van der Waals surface area contributed by atoms with Crippen molar-refractivity contribution >= 4 is 15.9 Å². The van der Waals surface area contributed by atoms with Crippen molar-refractivity contribution in [2.75, 3.05) is 14.2 Å². The molecule has 0 atom stereocenters. The molecule has 0 saturated heterocycles. The zero-order valence-electron chi connectivity index (χ0n) is 10.5. The summed E-state index contributed by atoms with van der Waals surface area (Å²) in [6.07, 6.45) is 0. The van der Waals surface area contributed by atoms with E-state index >= 15 is 0 Å². The van der Waals surface area contributed by atoms with E-state index in [1.807, 2.05) is 6.07 Å². The second-order valence-corrected chi connectivity index (χ2v) is 4.78. The highest BCUT2D eigenvalue weighted by molar-refractivity contribution is 9.10. The highest BCUT2D eigenvalue weighted by Crippen LogP contribution is 2.42. The summed E-state index contributed by atoms with van der Waals surface area (Å²) in [5, 5.41) is 8.87. The first kappa shape index (κ1) is 14.3. The molecular formula is C12H18BrNO3. The fourth-order valence-corrected chi connectivity index (χ4v) is 2.94. The van der Waals surface area contributed by atoms with Crippen molar-refractivity contribution in [1.82, 2.24) is 5.48 Å². The lowest BCUT2D eigenvalue weighted by molar-refractivity contribution is 0.160. The molecule has 0 aliphatic heterocycles. The second-order valence-electron chi connectivity index (χ2n) is 3.99. The van der Waals surface area contributed by atoms with Gasteiger partial charge in [0.05, 0.1) is 18.7 Å². The summed E-state index contributed by atoms with van der Waals surface area (Å²) in [5.74, 6) is 1.64. The van der Waals surface area contributed by atoms with Crippen LogP contribution in [0.25, 0.3) is 0 Å². The molecule has 0 aliphatic carbocycles. The molecule has 2 N–H and O–H groups in total. The van der Waals surface area contributed by atoms with Crippen LogP contribution in [-0.4, -0.2) is 19.4 Å². The molecule has 1 aromatic carbocycles. The van der Waals surface area contributed by atoms with E-state index in [4.69, 9.17) is 14.7 Å². The van der Waals surface area contributed by atoms with Gasteiger partial charge < -0.3 is 14.7 Å². The van der Waals surface area contributed by atoms with E-state index in [1.54, 1.807) is 14.2 Å². The zero-order valence-corrected chi connectivity index (χ0v) is 12.1. The van der Waals surface area contributed by atoms with Crippen molar-refractivity contribution in [3.05, 3.63) is 21.7 Å². The summed E-state index contributed by atoms with van der Waals surface area (Å²) in [5.41, 5.74) is 4.26. The summed E-state index contributed by atoms with van der Waals surface area (Å²) in [6.45, 7) is 4.55. The number of methoxy groups -OCH3 is 2. The van der Waals surface area contributed by atoms with Crippen molar-refractivity contribution < 1.29 is 14.7 Å². The summed E-state index contributed by atoms with van der Waals surface area (Å²) < 4.78 is 11.5. The molecule has 0 bridgehead atoms. The minimum Gasteiger partial charge on any atom is -0.493 e. The van der Waals surface area contributed by atoms with Crippen LogP contribution in [0, 0.1) is 0 Å². The van der Waals surface area contributed by atoms with E-state index in [1.165, 1.54) is 0 Å². The molecule has 0 fully saturated rings. The third kappa shape index (κ3) is 2.91. The molecule has 0 aliphatic rings. The number of halogens is 1. The molecular weight excluding hydrogens is 286 g/mol. The Balaban J connectivity index is 3.44. The largest absolute Gasteiger partial charge is 0.493 e. The highest BCUT2D eigenvalue weighted by atomic mass is 79.9.